The Hall–Kier alpha value is -1.04. The van der Waals surface area contributed by atoms with Gasteiger partial charge in [-0.3, -0.25) is 0 Å². The second-order valence-corrected chi connectivity index (χ2v) is 3.05. The molecule has 1 rings (SSSR count). The van der Waals surface area contributed by atoms with Gasteiger partial charge >= 0.3 is 0 Å². The van der Waals surface area contributed by atoms with Gasteiger partial charge in [0.15, 0.2) is 0 Å². The van der Waals surface area contributed by atoms with Gasteiger partial charge in [0.1, 0.15) is 0 Å². The zero-order valence-corrected chi connectivity index (χ0v) is 8.02. The summed E-state index contributed by atoms with van der Waals surface area (Å²) in [4.78, 5) is 0. The van der Waals surface area contributed by atoms with E-state index in [-0.39, 0.29) is 0 Å². The molecule has 0 amide bonds. The number of hydrogen-bond acceptors (Lipinski definition) is 0. The Bertz CT molecular complexity index is 216. The summed E-state index contributed by atoms with van der Waals surface area (Å²) in [5, 5.41) is 0. The van der Waals surface area contributed by atoms with Gasteiger partial charge in [-0.05, 0) is 32.1 Å². The van der Waals surface area contributed by atoms with Crippen LogP contribution in [0.15, 0.2) is 48.6 Å². The molecule has 0 aliphatic heterocycles. The third kappa shape index (κ3) is 6.15. The molecule has 0 heterocycles. The molecular formula is C13H17. The Balaban J connectivity index is 2.38. The molecule has 0 aromatic heterocycles. The molecule has 13 heavy (non-hydrogen) atoms. The zero-order valence-electron chi connectivity index (χ0n) is 8.02. The summed E-state index contributed by atoms with van der Waals surface area (Å²) < 4.78 is 0. The molecule has 1 radical (unpaired) electrons. The predicted octanol–water partition coefficient (Wildman–Crippen LogP) is 3.99. The molecule has 0 atom stereocenters. The molecular weight excluding hydrogens is 156 g/mol. The van der Waals surface area contributed by atoms with Crippen molar-refractivity contribution in [1.82, 2.24) is 0 Å². The first-order valence-electron chi connectivity index (χ1n) is 4.95. The van der Waals surface area contributed by atoms with Crippen molar-refractivity contribution in [3.8, 4) is 0 Å². The van der Waals surface area contributed by atoms with E-state index >= 15 is 0 Å². The third-order valence-corrected chi connectivity index (χ3v) is 1.88. The summed E-state index contributed by atoms with van der Waals surface area (Å²) in [5.74, 6) is 0. The molecule has 0 fully saturated rings. The molecule has 69 valence electrons. The predicted molar refractivity (Wildman–Crippen MR) is 59.3 cm³/mol. The molecule has 0 spiro atoms. The van der Waals surface area contributed by atoms with Crippen molar-refractivity contribution in [2.75, 3.05) is 0 Å². The molecule has 0 nitrogen and oxygen atoms in total. The minimum atomic E-state index is 1.07. The van der Waals surface area contributed by atoms with E-state index in [1.807, 2.05) is 0 Å². The van der Waals surface area contributed by atoms with Crippen molar-refractivity contribution in [2.45, 2.75) is 25.7 Å². The molecule has 0 aromatic carbocycles. The zero-order chi connectivity index (χ0) is 9.19. The molecule has 0 unspecified atom stereocenters. The highest BCUT2D eigenvalue weighted by Gasteiger charge is 1.81. The van der Waals surface area contributed by atoms with Crippen LogP contribution in [0, 0.1) is 6.42 Å². The smallest absolute Gasteiger partial charge is 0.0311 e. The molecule has 1 aliphatic rings. The SMILES string of the molecule is [CH]1CC=CC=CC=CCCC=CC1. The lowest BCUT2D eigenvalue weighted by Crippen LogP contribution is -1.70. The lowest BCUT2D eigenvalue weighted by molar-refractivity contribution is 1.03. The Kier molecular flexibility index (Phi) is 5.87. The molecule has 0 heteroatoms. The maximum absolute atomic E-state index is 2.28. The summed E-state index contributed by atoms with van der Waals surface area (Å²) >= 11 is 0. The molecule has 0 saturated heterocycles. The van der Waals surface area contributed by atoms with E-state index in [1.165, 1.54) is 0 Å². The quantitative estimate of drug-likeness (QED) is 0.486. The van der Waals surface area contributed by atoms with Crippen molar-refractivity contribution in [3.05, 3.63) is 55.0 Å². The van der Waals surface area contributed by atoms with Crippen LogP contribution in [0.2, 0.25) is 0 Å². The highest BCUT2D eigenvalue weighted by Crippen LogP contribution is 2.00. The van der Waals surface area contributed by atoms with Crippen LogP contribution in [0.3, 0.4) is 0 Å². The van der Waals surface area contributed by atoms with E-state index in [2.05, 4.69) is 55.0 Å². The van der Waals surface area contributed by atoms with Gasteiger partial charge in [-0.1, -0.05) is 48.6 Å². The fraction of sp³-hybridized carbons (Fsp3) is 0.308. The maximum Gasteiger partial charge on any atom is -0.0311 e. The van der Waals surface area contributed by atoms with E-state index in [4.69, 9.17) is 0 Å². The topological polar surface area (TPSA) is 0 Å². The normalized spacial score (nSPS) is 19.1. The van der Waals surface area contributed by atoms with Gasteiger partial charge in [-0.25, -0.2) is 0 Å². The van der Waals surface area contributed by atoms with Crippen molar-refractivity contribution < 1.29 is 0 Å². The van der Waals surface area contributed by atoms with Crippen LogP contribution in [0.1, 0.15) is 25.7 Å². The van der Waals surface area contributed by atoms with Crippen LogP contribution < -0.4 is 0 Å². The average molecular weight is 173 g/mol. The summed E-state index contributed by atoms with van der Waals surface area (Å²) in [6, 6.07) is 0. The third-order valence-electron chi connectivity index (χ3n) is 1.88. The highest BCUT2D eigenvalue weighted by molar-refractivity contribution is 5.12. The average Bonchev–Trinajstić information content (AvgIpc) is 2.18. The van der Waals surface area contributed by atoms with Crippen LogP contribution in [-0.4, -0.2) is 0 Å². The largest absolute Gasteiger partial charge is 0.0882 e. The van der Waals surface area contributed by atoms with Gasteiger partial charge in [0.05, 0.1) is 0 Å². The van der Waals surface area contributed by atoms with E-state index in [0.29, 0.717) is 0 Å². The van der Waals surface area contributed by atoms with Gasteiger partial charge in [0.2, 0.25) is 0 Å². The van der Waals surface area contributed by atoms with E-state index in [9.17, 15) is 0 Å². The molecule has 1 aliphatic carbocycles. The van der Waals surface area contributed by atoms with Gasteiger partial charge in [-0.2, -0.15) is 0 Å². The van der Waals surface area contributed by atoms with Gasteiger partial charge in [0, 0.05) is 0 Å². The minimum absolute atomic E-state index is 1.07. The molecule has 0 bridgehead atoms. The fourth-order valence-electron chi connectivity index (χ4n) is 1.16. The van der Waals surface area contributed by atoms with Gasteiger partial charge < -0.3 is 0 Å². The van der Waals surface area contributed by atoms with Crippen LogP contribution in [0.25, 0.3) is 0 Å². The second kappa shape index (κ2) is 7.60. The molecule has 0 aromatic rings. The first kappa shape index (κ1) is 10.0. The van der Waals surface area contributed by atoms with E-state index in [1.54, 1.807) is 0 Å². The van der Waals surface area contributed by atoms with Crippen LogP contribution in [0.5, 0.6) is 0 Å². The number of hydrogen-bond donors (Lipinski definition) is 0. The number of rotatable bonds is 0. The Morgan fingerprint density at radius 2 is 1.23 bits per heavy atom. The van der Waals surface area contributed by atoms with E-state index in [0.717, 1.165) is 25.7 Å². The first-order chi connectivity index (χ1) is 6.50. The first-order valence-corrected chi connectivity index (χ1v) is 4.95. The lowest BCUT2D eigenvalue weighted by atomic mass is 10.2. The Labute approximate surface area is 81.4 Å². The van der Waals surface area contributed by atoms with Gasteiger partial charge in [-0.15, -0.1) is 0 Å². The van der Waals surface area contributed by atoms with Gasteiger partial charge in [0.25, 0.3) is 0 Å². The van der Waals surface area contributed by atoms with Crippen LogP contribution >= 0.6 is 0 Å². The highest BCUT2D eigenvalue weighted by atomic mass is 13.9. The van der Waals surface area contributed by atoms with E-state index < -0.39 is 0 Å². The minimum Gasteiger partial charge on any atom is -0.0882 e. The lowest BCUT2D eigenvalue weighted by Gasteiger charge is -1.89. The van der Waals surface area contributed by atoms with Crippen LogP contribution in [0.4, 0.5) is 0 Å². The molecule has 0 N–H and O–H groups in total. The standard InChI is InChI=1S/C13H17/c1-2-4-6-8-10-12-13-11-9-7-5-3-1/h1-6,9,12-13H,7-8,10-11H2. The summed E-state index contributed by atoms with van der Waals surface area (Å²) in [6.07, 6.45) is 24.0. The number of allylic oxidation sites excluding steroid dienone is 8. The fourth-order valence-corrected chi connectivity index (χ4v) is 1.16. The monoisotopic (exact) mass is 173 g/mol. The summed E-state index contributed by atoms with van der Waals surface area (Å²) in [6.45, 7) is 0. The van der Waals surface area contributed by atoms with Crippen molar-refractivity contribution in [2.24, 2.45) is 0 Å². The van der Waals surface area contributed by atoms with Crippen molar-refractivity contribution in [1.29, 1.82) is 0 Å². The maximum atomic E-state index is 2.28. The Morgan fingerprint density at radius 3 is 2.15 bits per heavy atom. The second-order valence-electron chi connectivity index (χ2n) is 3.05. The summed E-state index contributed by atoms with van der Waals surface area (Å²) in [7, 11) is 0. The van der Waals surface area contributed by atoms with Crippen LogP contribution in [-0.2, 0) is 0 Å². The molecule has 0 saturated carbocycles. The summed E-state index contributed by atoms with van der Waals surface area (Å²) in [5.41, 5.74) is 0. The Morgan fingerprint density at radius 1 is 0.538 bits per heavy atom. The van der Waals surface area contributed by atoms with Crippen molar-refractivity contribution in [3.63, 3.8) is 0 Å². The van der Waals surface area contributed by atoms with Crippen molar-refractivity contribution >= 4 is 0 Å².